The number of halogens is 1. The molecule has 0 unspecified atom stereocenters. The second-order valence-corrected chi connectivity index (χ2v) is 11.4. The summed E-state index contributed by atoms with van der Waals surface area (Å²) in [7, 11) is 0. The maximum Gasteiger partial charge on any atom is 0.328 e. The van der Waals surface area contributed by atoms with Crippen LogP contribution in [0.4, 0.5) is 21.3 Å². The number of amides is 3. The van der Waals surface area contributed by atoms with Crippen LogP contribution in [0.5, 0.6) is 0 Å². The summed E-state index contributed by atoms with van der Waals surface area (Å²) in [5.41, 5.74) is 17.0. The number of rotatable bonds is 10. The average Bonchev–Trinajstić information content (AvgIpc) is 3.36. The molecule has 0 spiro atoms. The molecule has 1 aromatic heterocycles. The predicted molar refractivity (Wildman–Crippen MR) is 172 cm³/mol. The third kappa shape index (κ3) is 7.15. The van der Waals surface area contributed by atoms with Gasteiger partial charge in [0.1, 0.15) is 10.0 Å². The van der Waals surface area contributed by atoms with Crippen molar-refractivity contribution in [2.75, 3.05) is 22.5 Å². The molecule has 0 fully saturated rings. The third-order valence-electron chi connectivity index (χ3n) is 6.90. The SMILES string of the molecule is NC(=O)Cc1ccc(N(CCC(c2ccccc2)c2ccccc2)C(=O)Nc2nc(-c3ccc(N)cc3)c(Cl)s2)cc1. The van der Waals surface area contributed by atoms with E-state index in [1.54, 1.807) is 17.0 Å². The molecule has 5 rings (SSSR count). The summed E-state index contributed by atoms with van der Waals surface area (Å²) < 4.78 is 0.464. The van der Waals surface area contributed by atoms with Gasteiger partial charge in [-0.3, -0.25) is 15.0 Å². The molecule has 3 amide bonds. The van der Waals surface area contributed by atoms with Gasteiger partial charge < -0.3 is 11.5 Å². The van der Waals surface area contributed by atoms with Crippen molar-refractivity contribution in [1.29, 1.82) is 0 Å². The molecule has 0 atom stereocenters. The summed E-state index contributed by atoms with van der Waals surface area (Å²) in [6.45, 7) is 0.416. The highest BCUT2D eigenvalue weighted by atomic mass is 35.5. The number of nitrogen functional groups attached to an aromatic ring is 1. The normalized spacial score (nSPS) is 10.9. The number of hydrogen-bond acceptors (Lipinski definition) is 5. The molecule has 0 bridgehead atoms. The smallest absolute Gasteiger partial charge is 0.328 e. The zero-order valence-electron chi connectivity index (χ0n) is 22.7. The Labute approximate surface area is 253 Å². The van der Waals surface area contributed by atoms with Crippen LogP contribution >= 0.6 is 22.9 Å². The quantitative estimate of drug-likeness (QED) is 0.147. The molecule has 0 aliphatic heterocycles. The van der Waals surface area contributed by atoms with Gasteiger partial charge in [0.15, 0.2) is 5.13 Å². The Bertz CT molecular complexity index is 1600. The first-order valence-corrected chi connectivity index (χ1v) is 14.6. The molecule has 42 heavy (non-hydrogen) atoms. The largest absolute Gasteiger partial charge is 0.399 e. The van der Waals surface area contributed by atoms with Gasteiger partial charge >= 0.3 is 6.03 Å². The predicted octanol–water partition coefficient (Wildman–Crippen LogP) is 7.33. The van der Waals surface area contributed by atoms with Gasteiger partial charge in [0.05, 0.1) is 6.42 Å². The van der Waals surface area contributed by atoms with Crippen molar-refractivity contribution >= 4 is 51.4 Å². The molecule has 9 heteroatoms. The number of nitrogens with two attached hydrogens (primary N) is 2. The zero-order chi connectivity index (χ0) is 29.5. The highest BCUT2D eigenvalue weighted by Gasteiger charge is 2.22. The molecule has 0 saturated heterocycles. The van der Waals surface area contributed by atoms with Gasteiger partial charge in [0.25, 0.3) is 0 Å². The van der Waals surface area contributed by atoms with E-state index in [0.717, 1.165) is 11.1 Å². The Balaban J connectivity index is 1.42. The van der Waals surface area contributed by atoms with Crippen LogP contribution in [0.1, 0.15) is 29.0 Å². The topological polar surface area (TPSA) is 114 Å². The molecule has 0 saturated carbocycles. The maximum absolute atomic E-state index is 13.8. The summed E-state index contributed by atoms with van der Waals surface area (Å²) in [5, 5.41) is 3.33. The molecule has 212 valence electrons. The van der Waals surface area contributed by atoms with Crippen molar-refractivity contribution in [2.45, 2.75) is 18.8 Å². The lowest BCUT2D eigenvalue weighted by molar-refractivity contribution is -0.117. The molecule has 1 heterocycles. The molecule has 5 N–H and O–H groups in total. The zero-order valence-corrected chi connectivity index (χ0v) is 24.3. The number of aromatic nitrogens is 1. The van der Waals surface area contributed by atoms with E-state index in [1.165, 1.54) is 22.5 Å². The second kappa shape index (κ2) is 13.3. The van der Waals surface area contributed by atoms with E-state index in [2.05, 4.69) is 34.6 Å². The number of benzene rings is 4. The van der Waals surface area contributed by atoms with Crippen molar-refractivity contribution in [1.82, 2.24) is 4.98 Å². The van der Waals surface area contributed by atoms with Gasteiger partial charge in [0.2, 0.25) is 5.91 Å². The molecule has 0 aliphatic carbocycles. The van der Waals surface area contributed by atoms with Gasteiger partial charge in [-0.15, -0.1) is 0 Å². The van der Waals surface area contributed by atoms with E-state index in [1.807, 2.05) is 72.8 Å². The second-order valence-electron chi connectivity index (χ2n) is 9.82. The fraction of sp³-hybridized carbons (Fsp3) is 0.121. The minimum atomic E-state index is -0.413. The Morgan fingerprint density at radius 2 is 1.45 bits per heavy atom. The number of primary amides is 1. The van der Waals surface area contributed by atoms with Crippen molar-refractivity contribution in [3.05, 3.63) is 130 Å². The van der Waals surface area contributed by atoms with E-state index < -0.39 is 5.91 Å². The van der Waals surface area contributed by atoms with Gasteiger partial charge in [-0.25, -0.2) is 9.78 Å². The minimum absolute atomic E-state index is 0.0725. The number of nitrogens with one attached hydrogen (secondary N) is 1. The lowest BCUT2D eigenvalue weighted by Crippen LogP contribution is -2.36. The van der Waals surface area contributed by atoms with Crippen molar-refractivity contribution in [3.63, 3.8) is 0 Å². The number of anilines is 3. The molecular formula is C33H30ClN5O2S. The van der Waals surface area contributed by atoms with E-state index >= 15 is 0 Å². The van der Waals surface area contributed by atoms with Gasteiger partial charge in [-0.05, 0) is 47.4 Å². The lowest BCUT2D eigenvalue weighted by Gasteiger charge is -2.26. The molecule has 0 aliphatic rings. The average molecular weight is 596 g/mol. The van der Waals surface area contributed by atoms with Crippen molar-refractivity contribution < 1.29 is 9.59 Å². The van der Waals surface area contributed by atoms with Crippen molar-refractivity contribution in [3.8, 4) is 11.3 Å². The number of carbonyl (C=O) groups excluding carboxylic acids is 2. The van der Waals surface area contributed by atoms with E-state index in [4.69, 9.17) is 23.1 Å². The van der Waals surface area contributed by atoms with Crippen LogP contribution in [0.3, 0.4) is 0 Å². The van der Waals surface area contributed by atoms with Gasteiger partial charge in [-0.1, -0.05) is 108 Å². The van der Waals surface area contributed by atoms with E-state index in [9.17, 15) is 9.59 Å². The number of urea groups is 1. The number of carbonyl (C=O) groups is 2. The highest BCUT2D eigenvalue weighted by molar-refractivity contribution is 7.20. The first-order chi connectivity index (χ1) is 20.4. The van der Waals surface area contributed by atoms with Crippen LogP contribution in [0.25, 0.3) is 11.3 Å². The van der Waals surface area contributed by atoms with Crippen LogP contribution < -0.4 is 21.7 Å². The Morgan fingerprint density at radius 3 is 2.02 bits per heavy atom. The Kier molecular flexibility index (Phi) is 9.16. The third-order valence-corrected chi connectivity index (χ3v) is 8.07. The first-order valence-electron chi connectivity index (χ1n) is 13.5. The Hall–Kier alpha value is -4.66. The highest BCUT2D eigenvalue weighted by Crippen LogP contribution is 2.36. The van der Waals surface area contributed by atoms with Crippen molar-refractivity contribution in [2.24, 2.45) is 5.73 Å². The minimum Gasteiger partial charge on any atom is -0.399 e. The maximum atomic E-state index is 13.8. The summed E-state index contributed by atoms with van der Waals surface area (Å²) in [6, 6.07) is 34.7. The summed E-state index contributed by atoms with van der Waals surface area (Å²) in [5.74, 6) is -0.341. The van der Waals surface area contributed by atoms with Crippen LogP contribution in [0, 0.1) is 0 Å². The van der Waals surface area contributed by atoms with Gasteiger partial charge in [-0.2, -0.15) is 0 Å². The molecular weight excluding hydrogens is 566 g/mol. The fourth-order valence-corrected chi connectivity index (χ4v) is 5.91. The molecule has 4 aromatic carbocycles. The first kappa shape index (κ1) is 28.9. The van der Waals surface area contributed by atoms with Gasteiger partial charge in [0, 0.05) is 29.4 Å². The van der Waals surface area contributed by atoms with Crippen LogP contribution in [-0.4, -0.2) is 23.5 Å². The number of hydrogen-bond donors (Lipinski definition) is 3. The van der Waals surface area contributed by atoms with Crippen LogP contribution in [0.15, 0.2) is 109 Å². The van der Waals surface area contributed by atoms with E-state index in [-0.39, 0.29) is 18.4 Å². The fourth-order valence-electron chi connectivity index (χ4n) is 4.83. The standard InChI is InChI=1S/C33H30ClN5O2S/c34-31-30(25-13-15-26(35)16-14-25)37-32(42-31)38-33(41)39(27-17-11-22(12-18-27)21-29(36)40)20-19-28(23-7-3-1-4-8-23)24-9-5-2-6-10-24/h1-18,28H,19-21,35H2,(H2,36,40)(H,37,38,41). The summed E-state index contributed by atoms with van der Waals surface area (Å²) >= 11 is 7.71. The number of nitrogens with zero attached hydrogens (tertiary/aromatic N) is 2. The van der Waals surface area contributed by atoms with E-state index in [0.29, 0.717) is 39.5 Å². The lowest BCUT2D eigenvalue weighted by atomic mass is 9.88. The molecule has 7 nitrogen and oxygen atoms in total. The van der Waals surface area contributed by atoms with Crippen LogP contribution in [0.2, 0.25) is 4.34 Å². The molecule has 5 aromatic rings. The summed E-state index contributed by atoms with van der Waals surface area (Å²) in [6.07, 6.45) is 0.794. The number of thiazole rings is 1. The summed E-state index contributed by atoms with van der Waals surface area (Å²) in [4.78, 5) is 31.5. The monoisotopic (exact) mass is 595 g/mol. The van der Waals surface area contributed by atoms with Crippen LogP contribution in [-0.2, 0) is 11.2 Å². The molecule has 0 radical (unpaired) electrons. The Morgan fingerprint density at radius 1 is 0.857 bits per heavy atom.